The maximum Gasteiger partial charge on any atom is 0.333 e. The first-order valence-corrected chi connectivity index (χ1v) is 12.2. The Kier molecular flexibility index (Phi) is 5.00. The lowest BCUT2D eigenvalue weighted by Gasteiger charge is -2.16. The van der Waals surface area contributed by atoms with E-state index in [1.165, 1.54) is 24.3 Å². The van der Waals surface area contributed by atoms with Crippen LogP contribution in [0.25, 0.3) is 0 Å². The molecule has 31 heavy (non-hydrogen) atoms. The zero-order valence-electron chi connectivity index (χ0n) is 17.4. The van der Waals surface area contributed by atoms with Crippen molar-refractivity contribution in [1.29, 1.82) is 0 Å². The molecule has 0 saturated heterocycles. The van der Waals surface area contributed by atoms with Crippen LogP contribution in [-0.2, 0) is 47.0 Å². The summed E-state index contributed by atoms with van der Waals surface area (Å²) in [6.07, 6.45) is 7.99. The summed E-state index contributed by atoms with van der Waals surface area (Å²) >= 11 is 0. The number of aryl methyl sites for hydroxylation is 3. The van der Waals surface area contributed by atoms with Crippen molar-refractivity contribution in [2.45, 2.75) is 62.9 Å². The van der Waals surface area contributed by atoms with E-state index in [-0.39, 0.29) is 5.09 Å². The molecular formula is C22H25N3O5S. The Hall–Kier alpha value is -2.81. The van der Waals surface area contributed by atoms with Crippen molar-refractivity contribution >= 4 is 27.5 Å². The van der Waals surface area contributed by atoms with Crippen molar-refractivity contribution in [1.82, 2.24) is 4.72 Å². The lowest BCUT2D eigenvalue weighted by Crippen LogP contribution is -2.34. The molecule has 2 amide bonds. The lowest BCUT2D eigenvalue weighted by molar-refractivity contribution is 0.212. The molecule has 0 aliphatic heterocycles. The number of urea groups is 1. The summed E-state index contributed by atoms with van der Waals surface area (Å²) < 4.78 is 33.4. The number of benzene rings is 1. The highest BCUT2D eigenvalue weighted by molar-refractivity contribution is 7.89. The van der Waals surface area contributed by atoms with Crippen LogP contribution in [0.15, 0.2) is 26.8 Å². The van der Waals surface area contributed by atoms with E-state index < -0.39 is 16.1 Å². The van der Waals surface area contributed by atoms with E-state index in [0.29, 0.717) is 29.9 Å². The number of amides is 2. The van der Waals surface area contributed by atoms with Crippen molar-refractivity contribution in [3.63, 3.8) is 0 Å². The fraction of sp³-hybridized carbons (Fsp3) is 0.455. The fourth-order valence-electron chi connectivity index (χ4n) is 5.00. The normalized spacial score (nSPS) is 18.4. The van der Waals surface area contributed by atoms with Gasteiger partial charge in [-0.15, -0.1) is 0 Å². The van der Waals surface area contributed by atoms with Crippen molar-refractivity contribution in [2.24, 2.45) is 5.16 Å². The van der Waals surface area contributed by atoms with Gasteiger partial charge in [0, 0.05) is 23.7 Å². The molecule has 0 unspecified atom stereocenters. The number of hydrogen-bond donors (Lipinski definition) is 2. The number of furan rings is 1. The Morgan fingerprint density at radius 2 is 1.68 bits per heavy atom. The smallest absolute Gasteiger partial charge is 0.333 e. The average Bonchev–Trinajstić information content (AvgIpc) is 3.46. The molecule has 5 rings (SSSR count). The highest BCUT2D eigenvalue weighted by atomic mass is 32.2. The molecule has 1 heterocycles. The first kappa shape index (κ1) is 20.1. The number of nitrogens with one attached hydrogen (secondary N) is 2. The van der Waals surface area contributed by atoms with Crippen LogP contribution < -0.4 is 10.0 Å². The van der Waals surface area contributed by atoms with Crippen molar-refractivity contribution < 1.29 is 22.5 Å². The van der Waals surface area contributed by atoms with Gasteiger partial charge >= 0.3 is 6.03 Å². The van der Waals surface area contributed by atoms with Gasteiger partial charge in [0.25, 0.3) is 10.0 Å². The van der Waals surface area contributed by atoms with Crippen LogP contribution in [0.2, 0.25) is 0 Å². The summed E-state index contributed by atoms with van der Waals surface area (Å²) in [6, 6.07) is 2.91. The minimum atomic E-state index is -4.16. The van der Waals surface area contributed by atoms with Crippen LogP contribution in [0.4, 0.5) is 10.5 Å². The molecule has 3 aliphatic rings. The highest BCUT2D eigenvalue weighted by Crippen LogP contribution is 2.38. The van der Waals surface area contributed by atoms with Crippen LogP contribution >= 0.6 is 0 Å². The fourth-order valence-corrected chi connectivity index (χ4v) is 5.88. The molecule has 0 spiro atoms. The minimum absolute atomic E-state index is 0.290. The van der Waals surface area contributed by atoms with Gasteiger partial charge in [0.05, 0.1) is 5.71 Å². The molecule has 1 aromatic carbocycles. The molecule has 2 N–H and O–H groups in total. The van der Waals surface area contributed by atoms with Crippen LogP contribution in [-0.4, -0.2) is 27.3 Å². The maximum absolute atomic E-state index is 12.8. The molecule has 2 aromatic rings. The van der Waals surface area contributed by atoms with E-state index in [9.17, 15) is 13.2 Å². The van der Waals surface area contributed by atoms with Crippen molar-refractivity contribution in [3.8, 4) is 0 Å². The molecule has 0 fully saturated rings. The third kappa shape index (κ3) is 3.60. The van der Waals surface area contributed by atoms with E-state index in [4.69, 9.17) is 9.25 Å². The first-order chi connectivity index (χ1) is 15.0. The van der Waals surface area contributed by atoms with Crippen LogP contribution in [0.1, 0.15) is 59.3 Å². The molecule has 3 aliphatic carbocycles. The Morgan fingerprint density at radius 3 is 2.35 bits per heavy atom. The zero-order valence-corrected chi connectivity index (χ0v) is 18.2. The SMILES string of the molecule is CO/N=C1/CCCc2oc(S(=O)(=O)NC(=O)Nc3c4c(cc5c3CCC5)CCC4)cc21. The van der Waals surface area contributed by atoms with Crippen LogP contribution in [0.5, 0.6) is 0 Å². The molecule has 0 radical (unpaired) electrons. The number of sulfonamides is 1. The number of hydrogen-bond acceptors (Lipinski definition) is 6. The van der Waals surface area contributed by atoms with Gasteiger partial charge in [-0.2, -0.15) is 8.42 Å². The van der Waals surface area contributed by atoms with Crippen molar-refractivity contribution in [3.05, 3.63) is 45.7 Å². The van der Waals surface area contributed by atoms with Gasteiger partial charge in [-0.25, -0.2) is 9.52 Å². The van der Waals surface area contributed by atoms with Crippen LogP contribution in [0.3, 0.4) is 0 Å². The summed E-state index contributed by atoms with van der Waals surface area (Å²) in [7, 11) is -2.72. The molecule has 0 bridgehead atoms. The van der Waals surface area contributed by atoms with E-state index >= 15 is 0 Å². The third-order valence-electron chi connectivity index (χ3n) is 6.32. The number of fused-ring (bicyclic) bond motifs is 3. The van der Waals surface area contributed by atoms with Crippen LogP contribution in [0, 0.1) is 0 Å². The topological polar surface area (TPSA) is 110 Å². The number of anilines is 1. The standard InChI is InChI=1S/C22H25N3O5S/c1-29-24-18-9-4-10-19-17(18)12-20(30-19)31(27,28)25-22(26)23-21-15-7-2-5-13(15)11-14-6-3-8-16(14)21/h11-12H,2-10H2,1H3,(H2,23,25,26)/b24-18-. The second-order valence-corrected chi connectivity index (χ2v) is 9.88. The number of carbonyl (C=O) groups excluding carboxylic acids is 1. The van der Waals surface area contributed by atoms with E-state index in [0.717, 1.165) is 61.8 Å². The molecule has 1 aromatic heterocycles. The second-order valence-electron chi connectivity index (χ2n) is 8.27. The van der Waals surface area contributed by atoms with E-state index in [1.54, 1.807) is 0 Å². The number of carbonyl (C=O) groups is 1. The maximum atomic E-state index is 12.8. The number of oxime groups is 1. The third-order valence-corrected chi connectivity index (χ3v) is 7.50. The zero-order chi connectivity index (χ0) is 21.6. The number of rotatable bonds is 4. The summed E-state index contributed by atoms with van der Waals surface area (Å²) in [6.45, 7) is 0. The molecule has 0 saturated carbocycles. The molecule has 164 valence electrons. The monoisotopic (exact) mass is 443 g/mol. The number of nitrogens with zero attached hydrogens (tertiary/aromatic N) is 1. The van der Waals surface area contributed by atoms with Gasteiger partial charge in [0.1, 0.15) is 12.9 Å². The molecule has 9 heteroatoms. The Morgan fingerprint density at radius 1 is 1.00 bits per heavy atom. The lowest BCUT2D eigenvalue weighted by atomic mass is 9.97. The summed E-state index contributed by atoms with van der Waals surface area (Å²) in [5, 5.41) is 6.52. The quantitative estimate of drug-likeness (QED) is 0.704. The van der Waals surface area contributed by atoms with Gasteiger partial charge in [0.2, 0.25) is 5.09 Å². The summed E-state index contributed by atoms with van der Waals surface area (Å²) in [5.74, 6) is 0.543. The Labute approximate surface area is 181 Å². The highest BCUT2D eigenvalue weighted by Gasteiger charge is 2.30. The second kappa shape index (κ2) is 7.71. The van der Waals surface area contributed by atoms with Gasteiger partial charge in [0.15, 0.2) is 0 Å². The average molecular weight is 444 g/mol. The Bertz CT molecular complexity index is 1160. The first-order valence-electron chi connectivity index (χ1n) is 10.7. The molecule has 8 nitrogen and oxygen atoms in total. The van der Waals surface area contributed by atoms with Gasteiger partial charge in [-0.3, -0.25) is 0 Å². The summed E-state index contributed by atoms with van der Waals surface area (Å²) in [4.78, 5) is 17.6. The van der Waals surface area contributed by atoms with Gasteiger partial charge in [-0.1, -0.05) is 11.2 Å². The Balaban J connectivity index is 1.39. The van der Waals surface area contributed by atoms with Gasteiger partial charge < -0.3 is 14.6 Å². The predicted molar refractivity (Wildman–Crippen MR) is 115 cm³/mol. The molecule has 0 atom stereocenters. The minimum Gasteiger partial charge on any atom is -0.447 e. The van der Waals surface area contributed by atoms with Crippen molar-refractivity contribution in [2.75, 3.05) is 12.4 Å². The molecular weight excluding hydrogens is 418 g/mol. The predicted octanol–water partition coefficient (Wildman–Crippen LogP) is 3.45. The van der Waals surface area contributed by atoms with Gasteiger partial charge in [-0.05, 0) is 73.6 Å². The van der Waals surface area contributed by atoms with E-state index in [1.807, 2.05) is 0 Å². The summed E-state index contributed by atoms with van der Waals surface area (Å²) in [5.41, 5.74) is 6.87. The largest absolute Gasteiger partial charge is 0.447 e. The van der Waals surface area contributed by atoms with E-state index in [2.05, 4.69) is 21.3 Å².